The van der Waals surface area contributed by atoms with Gasteiger partial charge in [0.05, 0.1) is 5.84 Å². The van der Waals surface area contributed by atoms with Gasteiger partial charge in [-0.3, -0.25) is 5.41 Å². The van der Waals surface area contributed by atoms with E-state index in [1.165, 1.54) is 6.42 Å². The van der Waals surface area contributed by atoms with Crippen molar-refractivity contribution in [1.29, 1.82) is 5.41 Å². The van der Waals surface area contributed by atoms with Crippen LogP contribution in [0, 0.1) is 16.7 Å². The molecule has 3 heteroatoms. The Bertz CT molecular complexity index is 194. The third-order valence-corrected chi connectivity index (χ3v) is 2.69. The maximum Gasteiger partial charge on any atom is 0.0947 e. The van der Waals surface area contributed by atoms with E-state index in [9.17, 15) is 0 Å². The van der Waals surface area contributed by atoms with Crippen LogP contribution in [0.5, 0.6) is 0 Å². The van der Waals surface area contributed by atoms with Gasteiger partial charge in [0, 0.05) is 12.5 Å². The van der Waals surface area contributed by atoms with E-state index in [4.69, 9.17) is 11.1 Å². The first-order valence-corrected chi connectivity index (χ1v) is 5.82. The Balaban J connectivity index is 3.98. The number of amidine groups is 1. The molecule has 0 aromatic rings. The van der Waals surface area contributed by atoms with Crippen molar-refractivity contribution in [3.05, 3.63) is 0 Å². The van der Waals surface area contributed by atoms with Crippen LogP contribution in [0.1, 0.15) is 41.0 Å². The standard InChI is InChI=1S/C12H27N3/c1-6-15(8-7-12(3,4)5)9-10(2)11(13)14/h10H,6-9H2,1-5H3,(H3,13,14). The smallest absolute Gasteiger partial charge is 0.0947 e. The summed E-state index contributed by atoms with van der Waals surface area (Å²) in [5.41, 5.74) is 5.86. The first kappa shape index (κ1) is 14.4. The number of nitrogens with zero attached hydrogens (tertiary/aromatic N) is 1. The summed E-state index contributed by atoms with van der Waals surface area (Å²) in [6.45, 7) is 14.0. The summed E-state index contributed by atoms with van der Waals surface area (Å²) >= 11 is 0. The van der Waals surface area contributed by atoms with Crippen molar-refractivity contribution in [2.75, 3.05) is 19.6 Å². The van der Waals surface area contributed by atoms with Gasteiger partial charge in [-0.2, -0.15) is 0 Å². The van der Waals surface area contributed by atoms with Crippen LogP contribution in [0.2, 0.25) is 0 Å². The minimum atomic E-state index is 0.171. The van der Waals surface area contributed by atoms with Crippen molar-refractivity contribution in [1.82, 2.24) is 4.90 Å². The fraction of sp³-hybridized carbons (Fsp3) is 0.917. The van der Waals surface area contributed by atoms with Gasteiger partial charge in [0.15, 0.2) is 0 Å². The molecule has 0 aliphatic heterocycles. The van der Waals surface area contributed by atoms with Gasteiger partial charge in [0.25, 0.3) is 0 Å². The molecule has 0 spiro atoms. The highest BCUT2D eigenvalue weighted by atomic mass is 15.1. The molecule has 0 fully saturated rings. The van der Waals surface area contributed by atoms with Crippen molar-refractivity contribution in [2.24, 2.45) is 17.1 Å². The highest BCUT2D eigenvalue weighted by Gasteiger charge is 2.15. The quantitative estimate of drug-likeness (QED) is 0.525. The number of nitrogens with two attached hydrogens (primary N) is 1. The van der Waals surface area contributed by atoms with Crippen molar-refractivity contribution >= 4 is 5.84 Å². The average molecular weight is 213 g/mol. The van der Waals surface area contributed by atoms with Crippen LogP contribution in [0.4, 0.5) is 0 Å². The van der Waals surface area contributed by atoms with E-state index in [1.807, 2.05) is 6.92 Å². The van der Waals surface area contributed by atoms with E-state index < -0.39 is 0 Å². The van der Waals surface area contributed by atoms with Crippen LogP contribution in [0.3, 0.4) is 0 Å². The summed E-state index contributed by atoms with van der Waals surface area (Å²) in [5, 5.41) is 7.37. The number of hydrogen-bond donors (Lipinski definition) is 2. The molecular weight excluding hydrogens is 186 g/mol. The molecule has 0 heterocycles. The molecule has 0 saturated heterocycles. The summed E-state index contributed by atoms with van der Waals surface area (Å²) in [5.74, 6) is 0.467. The van der Waals surface area contributed by atoms with Gasteiger partial charge in [-0.25, -0.2) is 0 Å². The molecule has 0 radical (unpaired) electrons. The van der Waals surface area contributed by atoms with Crippen molar-refractivity contribution in [2.45, 2.75) is 41.0 Å². The van der Waals surface area contributed by atoms with Crippen LogP contribution in [-0.2, 0) is 0 Å². The second-order valence-electron chi connectivity index (χ2n) is 5.56. The summed E-state index contributed by atoms with van der Waals surface area (Å²) in [6, 6.07) is 0. The van der Waals surface area contributed by atoms with Crippen LogP contribution >= 0.6 is 0 Å². The highest BCUT2D eigenvalue weighted by Crippen LogP contribution is 2.19. The van der Waals surface area contributed by atoms with Gasteiger partial charge in [0.2, 0.25) is 0 Å². The number of rotatable bonds is 6. The molecule has 0 aliphatic rings. The lowest BCUT2D eigenvalue weighted by molar-refractivity contribution is 0.226. The molecule has 0 rings (SSSR count). The van der Waals surface area contributed by atoms with Gasteiger partial charge < -0.3 is 10.6 Å². The topological polar surface area (TPSA) is 53.1 Å². The van der Waals surface area contributed by atoms with Gasteiger partial charge in [0.1, 0.15) is 0 Å². The summed E-state index contributed by atoms with van der Waals surface area (Å²) in [7, 11) is 0. The van der Waals surface area contributed by atoms with Crippen molar-refractivity contribution in [3.8, 4) is 0 Å². The maximum absolute atomic E-state index is 7.37. The van der Waals surface area contributed by atoms with E-state index in [0.717, 1.165) is 19.6 Å². The van der Waals surface area contributed by atoms with Crippen LogP contribution in [0.15, 0.2) is 0 Å². The molecule has 90 valence electrons. The number of nitrogens with one attached hydrogen (secondary N) is 1. The van der Waals surface area contributed by atoms with Crippen molar-refractivity contribution < 1.29 is 0 Å². The molecule has 0 saturated carbocycles. The first-order valence-electron chi connectivity index (χ1n) is 5.82. The second-order valence-corrected chi connectivity index (χ2v) is 5.56. The molecule has 1 atom stereocenters. The second kappa shape index (κ2) is 6.11. The molecule has 1 unspecified atom stereocenters. The van der Waals surface area contributed by atoms with Crippen molar-refractivity contribution in [3.63, 3.8) is 0 Å². The normalized spacial score (nSPS) is 14.3. The van der Waals surface area contributed by atoms with Crippen LogP contribution in [-0.4, -0.2) is 30.4 Å². The van der Waals surface area contributed by atoms with Gasteiger partial charge in [-0.15, -0.1) is 0 Å². The zero-order valence-electron chi connectivity index (χ0n) is 10.9. The van der Waals surface area contributed by atoms with E-state index in [-0.39, 0.29) is 5.92 Å². The molecule has 0 aliphatic carbocycles. The fourth-order valence-electron chi connectivity index (χ4n) is 1.36. The van der Waals surface area contributed by atoms with E-state index in [0.29, 0.717) is 11.3 Å². The Hall–Kier alpha value is -0.570. The van der Waals surface area contributed by atoms with Crippen LogP contribution < -0.4 is 5.73 Å². The van der Waals surface area contributed by atoms with E-state index in [2.05, 4.69) is 32.6 Å². The van der Waals surface area contributed by atoms with Gasteiger partial charge in [-0.05, 0) is 24.9 Å². The Morgan fingerprint density at radius 1 is 1.40 bits per heavy atom. The zero-order chi connectivity index (χ0) is 12.1. The minimum absolute atomic E-state index is 0.171. The lowest BCUT2D eigenvalue weighted by Crippen LogP contribution is -2.36. The Morgan fingerprint density at radius 2 is 1.93 bits per heavy atom. The van der Waals surface area contributed by atoms with Crippen LogP contribution in [0.25, 0.3) is 0 Å². The molecule has 3 N–H and O–H groups in total. The average Bonchev–Trinajstić information content (AvgIpc) is 2.10. The largest absolute Gasteiger partial charge is 0.387 e. The Labute approximate surface area is 94.5 Å². The molecule has 0 aromatic carbocycles. The van der Waals surface area contributed by atoms with Gasteiger partial charge >= 0.3 is 0 Å². The molecule has 15 heavy (non-hydrogen) atoms. The maximum atomic E-state index is 7.37. The third kappa shape index (κ3) is 7.37. The third-order valence-electron chi connectivity index (χ3n) is 2.69. The Kier molecular flexibility index (Phi) is 5.88. The predicted molar refractivity (Wildman–Crippen MR) is 67.3 cm³/mol. The highest BCUT2D eigenvalue weighted by molar-refractivity contribution is 5.79. The molecule has 3 nitrogen and oxygen atoms in total. The summed E-state index contributed by atoms with van der Waals surface area (Å²) in [4.78, 5) is 2.37. The lowest BCUT2D eigenvalue weighted by Gasteiger charge is -2.27. The van der Waals surface area contributed by atoms with Gasteiger partial charge in [-0.1, -0.05) is 34.6 Å². The molecule has 0 amide bonds. The summed E-state index contributed by atoms with van der Waals surface area (Å²) < 4.78 is 0. The van der Waals surface area contributed by atoms with E-state index in [1.54, 1.807) is 0 Å². The molecule has 0 aromatic heterocycles. The molecule has 0 bridgehead atoms. The Morgan fingerprint density at radius 3 is 2.27 bits per heavy atom. The number of hydrogen-bond acceptors (Lipinski definition) is 2. The summed E-state index contributed by atoms with van der Waals surface area (Å²) in [6.07, 6.45) is 1.19. The zero-order valence-corrected chi connectivity index (χ0v) is 10.9. The molecular formula is C12H27N3. The predicted octanol–water partition coefficient (Wildman–Crippen LogP) is 2.32. The monoisotopic (exact) mass is 213 g/mol. The van der Waals surface area contributed by atoms with E-state index >= 15 is 0 Å². The fourth-order valence-corrected chi connectivity index (χ4v) is 1.36. The lowest BCUT2D eigenvalue weighted by atomic mass is 9.92. The first-order chi connectivity index (χ1) is 6.76. The minimum Gasteiger partial charge on any atom is -0.387 e. The SMILES string of the molecule is CCN(CCC(C)(C)C)CC(C)C(=N)N.